The lowest BCUT2D eigenvalue weighted by Gasteiger charge is -2.43. The number of aliphatic imine (C=N–C) groups is 1. The fourth-order valence-electron chi connectivity index (χ4n) is 7.82. The first kappa shape index (κ1) is 31.1. The summed E-state index contributed by atoms with van der Waals surface area (Å²) in [6, 6.07) is 18.3. The number of hydrogen-bond donors (Lipinski definition) is 0. The number of esters is 1. The van der Waals surface area contributed by atoms with E-state index in [1.165, 1.54) is 50.8 Å². The SMILES string of the molecule is COC(=O)C1(CSCc2ccccc2)N=CN(C2CCCCC2)C1CC1CCC(C(c2cccc(F)c2)N(C)C)CC1. The molecule has 3 atom stereocenters. The fraction of sp³-hybridized carbons (Fsp3) is 0.600. The zero-order valence-corrected chi connectivity index (χ0v) is 26.4. The van der Waals surface area contributed by atoms with E-state index in [1.807, 2.05) is 18.5 Å². The summed E-state index contributed by atoms with van der Waals surface area (Å²) in [5.41, 5.74) is 1.45. The summed E-state index contributed by atoms with van der Waals surface area (Å²) in [4.78, 5) is 23.4. The average molecular weight is 594 g/mol. The van der Waals surface area contributed by atoms with Crippen molar-refractivity contribution in [3.05, 3.63) is 71.5 Å². The van der Waals surface area contributed by atoms with Gasteiger partial charge in [-0.15, -0.1) is 0 Å². The molecule has 3 aliphatic rings. The van der Waals surface area contributed by atoms with Crippen LogP contribution in [-0.4, -0.2) is 66.7 Å². The van der Waals surface area contributed by atoms with E-state index in [1.54, 1.807) is 17.8 Å². The van der Waals surface area contributed by atoms with Gasteiger partial charge in [-0.05, 0) is 81.3 Å². The molecule has 5 nitrogen and oxygen atoms in total. The van der Waals surface area contributed by atoms with Gasteiger partial charge in [-0.25, -0.2) is 9.18 Å². The highest BCUT2D eigenvalue weighted by molar-refractivity contribution is 7.98. The van der Waals surface area contributed by atoms with Crippen molar-refractivity contribution in [1.82, 2.24) is 9.80 Å². The van der Waals surface area contributed by atoms with E-state index in [-0.39, 0.29) is 23.9 Å². The highest BCUT2D eigenvalue weighted by Crippen LogP contribution is 2.44. The van der Waals surface area contributed by atoms with Crippen molar-refractivity contribution >= 4 is 24.1 Å². The molecule has 5 rings (SSSR count). The Balaban J connectivity index is 1.32. The predicted octanol–water partition coefficient (Wildman–Crippen LogP) is 7.52. The Bertz CT molecular complexity index is 1180. The molecule has 0 bridgehead atoms. The zero-order valence-electron chi connectivity index (χ0n) is 25.6. The van der Waals surface area contributed by atoms with Gasteiger partial charge in [0.2, 0.25) is 0 Å². The number of rotatable bonds is 11. The van der Waals surface area contributed by atoms with Crippen molar-refractivity contribution in [2.75, 3.05) is 27.0 Å². The van der Waals surface area contributed by atoms with E-state index in [2.05, 4.69) is 54.2 Å². The number of methoxy groups -OCH3 is 1. The van der Waals surface area contributed by atoms with E-state index in [0.717, 1.165) is 43.4 Å². The largest absolute Gasteiger partial charge is 0.467 e. The second kappa shape index (κ2) is 14.4. The number of ether oxygens (including phenoxy) is 1. The lowest BCUT2D eigenvalue weighted by atomic mass is 9.72. The number of carbonyl (C=O) groups excluding carboxylic acids is 1. The zero-order chi connectivity index (χ0) is 29.5. The van der Waals surface area contributed by atoms with Gasteiger partial charge in [-0.2, -0.15) is 11.8 Å². The molecule has 2 saturated carbocycles. The van der Waals surface area contributed by atoms with Gasteiger partial charge in [-0.1, -0.05) is 74.6 Å². The molecule has 7 heteroatoms. The van der Waals surface area contributed by atoms with Crippen LogP contribution in [0.1, 0.15) is 81.4 Å². The van der Waals surface area contributed by atoms with Gasteiger partial charge < -0.3 is 14.5 Å². The van der Waals surface area contributed by atoms with Crippen molar-refractivity contribution in [2.45, 2.75) is 93.6 Å². The molecule has 3 unspecified atom stereocenters. The Labute approximate surface area is 256 Å². The molecule has 0 spiro atoms. The third-order valence-corrected chi connectivity index (χ3v) is 11.1. The van der Waals surface area contributed by atoms with Crippen LogP contribution in [0.2, 0.25) is 0 Å². The summed E-state index contributed by atoms with van der Waals surface area (Å²) in [6.45, 7) is 0. The molecule has 2 fully saturated rings. The quantitative estimate of drug-likeness (QED) is 0.252. The fourth-order valence-corrected chi connectivity index (χ4v) is 9.05. The highest BCUT2D eigenvalue weighted by Gasteiger charge is 2.54. The van der Waals surface area contributed by atoms with Crippen molar-refractivity contribution in [2.24, 2.45) is 16.8 Å². The van der Waals surface area contributed by atoms with Crippen molar-refractivity contribution in [3.8, 4) is 0 Å². The first-order valence-electron chi connectivity index (χ1n) is 15.9. The number of benzene rings is 2. The van der Waals surface area contributed by atoms with Crippen LogP contribution < -0.4 is 0 Å². The summed E-state index contributed by atoms with van der Waals surface area (Å²) < 4.78 is 19.6. The number of nitrogens with zero attached hydrogens (tertiary/aromatic N) is 3. The van der Waals surface area contributed by atoms with Gasteiger partial charge in [0.1, 0.15) is 5.82 Å². The van der Waals surface area contributed by atoms with Crippen LogP contribution in [0.15, 0.2) is 59.6 Å². The minimum Gasteiger partial charge on any atom is -0.467 e. The number of halogens is 1. The van der Waals surface area contributed by atoms with Crippen LogP contribution in [0.4, 0.5) is 4.39 Å². The van der Waals surface area contributed by atoms with Gasteiger partial charge in [-0.3, -0.25) is 4.99 Å². The monoisotopic (exact) mass is 593 g/mol. The lowest BCUT2D eigenvalue weighted by Crippen LogP contribution is -2.56. The molecule has 0 aromatic heterocycles. The van der Waals surface area contributed by atoms with Crippen molar-refractivity contribution in [1.29, 1.82) is 0 Å². The van der Waals surface area contributed by atoms with Gasteiger partial charge in [0, 0.05) is 23.6 Å². The lowest BCUT2D eigenvalue weighted by molar-refractivity contribution is -0.148. The predicted molar refractivity (Wildman–Crippen MR) is 171 cm³/mol. The summed E-state index contributed by atoms with van der Waals surface area (Å²) in [5, 5.41) is 0. The number of carbonyl (C=O) groups is 1. The van der Waals surface area contributed by atoms with Crippen LogP contribution in [0.5, 0.6) is 0 Å². The molecular formula is C35H48FN3O2S. The van der Waals surface area contributed by atoms with E-state index < -0.39 is 5.54 Å². The minimum absolute atomic E-state index is 0.0192. The Morgan fingerprint density at radius 2 is 1.79 bits per heavy atom. The summed E-state index contributed by atoms with van der Waals surface area (Å²) in [5.74, 6) is 2.12. The molecule has 0 amide bonds. The molecule has 1 aliphatic heterocycles. The normalized spacial score (nSPS) is 27.4. The second-order valence-corrected chi connectivity index (χ2v) is 13.9. The molecule has 2 aromatic carbocycles. The third-order valence-electron chi connectivity index (χ3n) is 9.94. The maximum Gasteiger partial charge on any atom is 0.336 e. The first-order valence-corrected chi connectivity index (χ1v) is 17.0. The van der Waals surface area contributed by atoms with Crippen molar-refractivity contribution < 1.29 is 13.9 Å². The maximum absolute atomic E-state index is 14.1. The Hall–Kier alpha value is -2.38. The molecule has 42 heavy (non-hydrogen) atoms. The summed E-state index contributed by atoms with van der Waals surface area (Å²) >= 11 is 1.79. The van der Waals surface area contributed by atoms with Crippen LogP contribution in [-0.2, 0) is 15.3 Å². The van der Waals surface area contributed by atoms with E-state index >= 15 is 0 Å². The Kier molecular flexibility index (Phi) is 10.6. The summed E-state index contributed by atoms with van der Waals surface area (Å²) in [7, 11) is 5.73. The van der Waals surface area contributed by atoms with Crippen molar-refractivity contribution in [3.63, 3.8) is 0 Å². The van der Waals surface area contributed by atoms with Gasteiger partial charge in [0.05, 0.1) is 19.5 Å². The third kappa shape index (κ3) is 7.05. The standard InChI is InChI=1S/C35H48FN3O2S/c1-38(2)33(29-13-10-14-30(36)22-29)28-19-17-26(18-20-28)21-32-35(34(40)41-3,24-42-23-27-11-6-4-7-12-27)37-25-39(32)31-15-8-5-9-16-31/h4,6-7,10-14,22,25-26,28,31-33H,5,8-9,15-21,23-24H2,1-3H3. The number of thioether (sulfide) groups is 1. The molecule has 0 N–H and O–H groups in total. The first-order chi connectivity index (χ1) is 20.4. The van der Waals surface area contributed by atoms with Crippen LogP contribution in [0, 0.1) is 17.7 Å². The van der Waals surface area contributed by atoms with E-state index in [0.29, 0.717) is 23.6 Å². The van der Waals surface area contributed by atoms with Gasteiger partial charge in [0.25, 0.3) is 0 Å². The molecule has 0 radical (unpaired) electrons. The minimum atomic E-state index is -0.879. The molecule has 2 aliphatic carbocycles. The summed E-state index contributed by atoms with van der Waals surface area (Å²) in [6.07, 6.45) is 13.5. The van der Waals surface area contributed by atoms with E-state index in [4.69, 9.17) is 9.73 Å². The van der Waals surface area contributed by atoms with Gasteiger partial charge >= 0.3 is 5.97 Å². The Morgan fingerprint density at radius 3 is 2.45 bits per heavy atom. The Morgan fingerprint density at radius 1 is 1.05 bits per heavy atom. The molecular weight excluding hydrogens is 545 g/mol. The average Bonchev–Trinajstić information content (AvgIpc) is 3.37. The number of hydrogen-bond acceptors (Lipinski definition) is 6. The molecule has 1 heterocycles. The van der Waals surface area contributed by atoms with Crippen LogP contribution >= 0.6 is 11.8 Å². The molecule has 0 saturated heterocycles. The van der Waals surface area contributed by atoms with Crippen LogP contribution in [0.25, 0.3) is 0 Å². The topological polar surface area (TPSA) is 45.1 Å². The molecule has 228 valence electrons. The maximum atomic E-state index is 14.1. The highest BCUT2D eigenvalue weighted by atomic mass is 32.2. The molecule has 2 aromatic rings. The van der Waals surface area contributed by atoms with E-state index in [9.17, 15) is 9.18 Å². The smallest absolute Gasteiger partial charge is 0.336 e. The van der Waals surface area contributed by atoms with Gasteiger partial charge in [0.15, 0.2) is 5.54 Å². The second-order valence-electron chi connectivity index (χ2n) is 12.9. The van der Waals surface area contributed by atoms with Crippen LogP contribution in [0.3, 0.4) is 0 Å².